The Balaban J connectivity index is 1.17. The van der Waals surface area contributed by atoms with E-state index in [-0.39, 0.29) is 0 Å². The lowest BCUT2D eigenvalue weighted by Gasteiger charge is -2.33. The minimum absolute atomic E-state index is 0.477. The van der Waals surface area contributed by atoms with E-state index in [0.717, 1.165) is 72.2 Å². The number of hydrogen-bond acceptors (Lipinski definition) is 5. The molecule has 0 fully saturated rings. The van der Waals surface area contributed by atoms with Crippen LogP contribution in [0.5, 0.6) is 0 Å². The van der Waals surface area contributed by atoms with Crippen LogP contribution in [0.3, 0.4) is 0 Å². The molecule has 1 unspecified atom stereocenters. The maximum atomic E-state index is 16.1. The van der Waals surface area contributed by atoms with Crippen molar-refractivity contribution in [3.8, 4) is 33.9 Å². The van der Waals surface area contributed by atoms with Crippen molar-refractivity contribution in [1.29, 1.82) is 0 Å². The lowest BCUT2D eigenvalue weighted by Crippen LogP contribution is -2.26. The number of benzene rings is 7. The number of anilines is 4. The van der Waals surface area contributed by atoms with E-state index in [0.29, 0.717) is 23.1 Å². The van der Waals surface area contributed by atoms with Crippen LogP contribution in [0.4, 0.5) is 22.7 Å². The van der Waals surface area contributed by atoms with Crippen molar-refractivity contribution in [2.75, 3.05) is 9.34 Å². The third-order valence-corrected chi connectivity index (χ3v) is 13.5. The Morgan fingerprint density at radius 3 is 1.73 bits per heavy atom. The van der Waals surface area contributed by atoms with Gasteiger partial charge >= 0.3 is 7.44 Å². The van der Waals surface area contributed by atoms with Crippen LogP contribution in [0.1, 0.15) is 5.82 Å². The van der Waals surface area contributed by atoms with Gasteiger partial charge in [0.05, 0.1) is 22.2 Å². The molecule has 1 aliphatic rings. The highest BCUT2D eigenvalue weighted by atomic mass is 31.2. The predicted octanol–water partition coefficient (Wildman–Crippen LogP) is 13.3. The molecule has 0 bridgehead atoms. The summed E-state index contributed by atoms with van der Waals surface area (Å²) in [6.45, 7) is 7.89. The van der Waals surface area contributed by atoms with E-state index in [1.807, 2.05) is 149 Å². The van der Waals surface area contributed by atoms with Crippen molar-refractivity contribution in [3.05, 3.63) is 213 Å². The number of para-hydroxylation sites is 4. The largest absolute Gasteiger partial charge is 0.455 e. The van der Waals surface area contributed by atoms with Gasteiger partial charge in [0, 0.05) is 38.8 Å². The number of rotatable bonds is 9. The third kappa shape index (κ3) is 5.99. The Hall–Kier alpha value is -7.60. The molecule has 1 atom stereocenters. The molecular formula is C51H36N5O2P. The zero-order valence-electron chi connectivity index (χ0n) is 31.9. The van der Waals surface area contributed by atoms with Gasteiger partial charge in [0.2, 0.25) is 0 Å². The highest BCUT2D eigenvalue weighted by Gasteiger charge is 2.49. The quantitative estimate of drug-likeness (QED) is 0.107. The number of aromatic nitrogens is 3. The molecule has 282 valence electrons. The Labute approximate surface area is 342 Å². The number of nitrogens with zero attached hydrogens (tertiary/aromatic N) is 5. The first-order chi connectivity index (χ1) is 29.1. The van der Waals surface area contributed by atoms with E-state index in [1.165, 1.54) is 0 Å². The van der Waals surface area contributed by atoms with Crippen LogP contribution in [-0.2, 0) is 4.57 Å². The Kier molecular flexibility index (Phi) is 8.93. The van der Waals surface area contributed by atoms with Crippen molar-refractivity contribution in [1.82, 2.24) is 15.0 Å². The SMILES string of the molecule is C=C/C=C(\C=C)c1nc(-c2ccccc2)nc(-c2cccc3c2oc2c(-c4ccc5c(c4)N(c4ccccc4)P(=O)(c4ccccc4)N5c4ccccc4)cccc23)n1. The molecule has 3 heterocycles. The minimum Gasteiger partial charge on any atom is -0.455 e. The van der Waals surface area contributed by atoms with Gasteiger partial charge in [0.15, 0.2) is 17.5 Å². The van der Waals surface area contributed by atoms with Gasteiger partial charge in [-0.25, -0.2) is 15.0 Å². The molecule has 0 saturated heterocycles. The molecule has 8 heteroatoms. The Morgan fingerprint density at radius 1 is 0.542 bits per heavy atom. The average molecular weight is 782 g/mol. The summed E-state index contributed by atoms with van der Waals surface area (Å²) in [4.78, 5) is 14.8. The molecule has 0 radical (unpaired) electrons. The van der Waals surface area contributed by atoms with E-state index in [9.17, 15) is 0 Å². The van der Waals surface area contributed by atoms with Crippen LogP contribution in [0.15, 0.2) is 212 Å². The van der Waals surface area contributed by atoms with E-state index in [4.69, 9.17) is 19.4 Å². The first-order valence-electron chi connectivity index (χ1n) is 19.3. The molecule has 1 aliphatic heterocycles. The average Bonchev–Trinajstić information content (AvgIpc) is 3.82. The molecule has 0 amide bonds. The molecule has 0 N–H and O–H groups in total. The van der Waals surface area contributed by atoms with Gasteiger partial charge in [-0.15, -0.1) is 0 Å². The Morgan fingerprint density at radius 2 is 1.10 bits per heavy atom. The van der Waals surface area contributed by atoms with Crippen LogP contribution in [0, 0.1) is 0 Å². The topological polar surface area (TPSA) is 75.4 Å². The second kappa shape index (κ2) is 14.7. The maximum Gasteiger partial charge on any atom is 0.301 e. The van der Waals surface area contributed by atoms with Crippen molar-refractivity contribution in [2.45, 2.75) is 0 Å². The van der Waals surface area contributed by atoms with Crippen molar-refractivity contribution in [3.63, 3.8) is 0 Å². The first kappa shape index (κ1) is 35.8. The summed E-state index contributed by atoms with van der Waals surface area (Å²) in [6.07, 6.45) is 5.25. The molecule has 59 heavy (non-hydrogen) atoms. The molecular weight excluding hydrogens is 746 g/mol. The van der Waals surface area contributed by atoms with Gasteiger partial charge < -0.3 is 4.42 Å². The molecule has 0 aliphatic carbocycles. The second-order valence-corrected chi connectivity index (χ2v) is 16.5. The Bertz CT molecular complexity index is 3130. The summed E-state index contributed by atoms with van der Waals surface area (Å²) < 4.78 is 27.1. The van der Waals surface area contributed by atoms with Crippen LogP contribution in [0.25, 0.3) is 61.4 Å². The summed E-state index contributed by atoms with van der Waals surface area (Å²) in [7, 11) is -3.53. The maximum absolute atomic E-state index is 16.1. The summed E-state index contributed by atoms with van der Waals surface area (Å²) in [5.74, 6) is 1.50. The monoisotopic (exact) mass is 781 g/mol. The zero-order chi connectivity index (χ0) is 39.9. The molecule has 7 nitrogen and oxygen atoms in total. The predicted molar refractivity (Wildman–Crippen MR) is 243 cm³/mol. The molecule has 0 spiro atoms. The van der Waals surface area contributed by atoms with Crippen LogP contribution in [-0.4, -0.2) is 15.0 Å². The van der Waals surface area contributed by atoms with Gasteiger partial charge in [-0.05, 0) is 60.2 Å². The lowest BCUT2D eigenvalue weighted by molar-refractivity contribution is 0.582. The van der Waals surface area contributed by atoms with Crippen molar-refractivity contribution >= 4 is 63.0 Å². The van der Waals surface area contributed by atoms with E-state index >= 15 is 4.57 Å². The first-order valence-corrected chi connectivity index (χ1v) is 20.9. The molecule has 2 aromatic heterocycles. The van der Waals surface area contributed by atoms with Gasteiger partial charge in [-0.2, -0.15) is 0 Å². The second-order valence-electron chi connectivity index (χ2n) is 14.1. The van der Waals surface area contributed by atoms with Crippen LogP contribution in [0.2, 0.25) is 0 Å². The number of furan rings is 1. The van der Waals surface area contributed by atoms with E-state index < -0.39 is 7.44 Å². The highest BCUT2D eigenvalue weighted by Crippen LogP contribution is 2.70. The molecule has 9 aromatic rings. The van der Waals surface area contributed by atoms with E-state index in [2.05, 4.69) is 55.6 Å². The van der Waals surface area contributed by atoms with Crippen LogP contribution < -0.4 is 14.6 Å². The normalized spacial score (nSPS) is 15.1. The smallest absolute Gasteiger partial charge is 0.301 e. The summed E-state index contributed by atoms with van der Waals surface area (Å²) in [6, 6.07) is 58.1. The summed E-state index contributed by atoms with van der Waals surface area (Å²) in [5.41, 5.74) is 8.88. The number of fused-ring (bicyclic) bond motifs is 4. The zero-order valence-corrected chi connectivity index (χ0v) is 32.8. The summed E-state index contributed by atoms with van der Waals surface area (Å²) >= 11 is 0. The van der Waals surface area contributed by atoms with Crippen LogP contribution >= 0.6 is 7.44 Å². The van der Waals surface area contributed by atoms with Gasteiger partial charge in [-0.3, -0.25) is 13.9 Å². The van der Waals surface area contributed by atoms with E-state index in [1.54, 1.807) is 12.2 Å². The lowest BCUT2D eigenvalue weighted by atomic mass is 10.0. The molecule has 7 aromatic carbocycles. The fourth-order valence-electron chi connectivity index (χ4n) is 7.93. The van der Waals surface area contributed by atoms with Crippen molar-refractivity contribution in [2.24, 2.45) is 0 Å². The van der Waals surface area contributed by atoms with Gasteiger partial charge in [0.25, 0.3) is 0 Å². The standard InChI is InChI=1S/C51H36N5O2P/c1-3-19-35(4-2)49-52-50(36-20-9-5-10-21-36)54-51(53-49)44-31-18-30-43-42-29-17-28-41(47(42)58-48(43)44)37-32-33-45-46(34-37)56(39-24-13-7-14-25-39)59(57,40-26-15-8-16-27-40)55(45)38-22-11-6-12-23-38/h3-34H,1-2H2/b35-19+. The highest BCUT2D eigenvalue weighted by molar-refractivity contribution is 7.76. The fraction of sp³-hybridized carbons (Fsp3) is 0. The molecule has 10 rings (SSSR count). The van der Waals surface area contributed by atoms with Crippen molar-refractivity contribution < 1.29 is 8.98 Å². The minimum atomic E-state index is -3.53. The summed E-state index contributed by atoms with van der Waals surface area (Å²) in [5, 5.41) is 2.62. The third-order valence-electron chi connectivity index (χ3n) is 10.6. The van der Waals surface area contributed by atoms with Gasteiger partial charge in [-0.1, -0.05) is 153 Å². The number of allylic oxidation sites excluding steroid dienone is 4. The number of hydrogen-bond donors (Lipinski definition) is 0. The fourth-order valence-corrected chi connectivity index (χ4v) is 10.9. The molecule has 0 saturated carbocycles. The van der Waals surface area contributed by atoms with Gasteiger partial charge in [0.1, 0.15) is 11.2 Å².